The lowest BCUT2D eigenvalue weighted by Gasteiger charge is -2.07. The van der Waals surface area contributed by atoms with Crippen molar-refractivity contribution in [2.75, 3.05) is 7.11 Å². The minimum absolute atomic E-state index is 0.102. The minimum Gasteiger partial charge on any atom is -0.469 e. The molecule has 58 valence electrons. The molecule has 0 amide bonds. The molecule has 0 spiro atoms. The summed E-state index contributed by atoms with van der Waals surface area (Å²) in [7, 11) is 1.40. The molecule has 0 aromatic heterocycles. The summed E-state index contributed by atoms with van der Waals surface area (Å²) in [5, 5.41) is 0. The van der Waals surface area contributed by atoms with Crippen molar-refractivity contribution in [1.29, 1.82) is 0 Å². The summed E-state index contributed by atoms with van der Waals surface area (Å²) < 4.78 is 4.56. The Morgan fingerprint density at radius 3 is 2.40 bits per heavy atom. The molecular weight excluding hydrogens is 128 g/mol. The predicted molar refractivity (Wildman–Crippen MR) is 40.6 cm³/mol. The smallest absolute Gasteiger partial charge is 0.312 e. The molecule has 0 aromatic rings. The largest absolute Gasteiger partial charge is 0.469 e. The lowest BCUT2D eigenvalue weighted by atomic mass is 10.0. The number of allylic oxidation sites excluding steroid dienone is 1. The van der Waals surface area contributed by atoms with Gasteiger partial charge in [0, 0.05) is 0 Å². The van der Waals surface area contributed by atoms with Crippen LogP contribution in [0.3, 0.4) is 0 Å². The number of ether oxygens (including phenoxy) is 1. The van der Waals surface area contributed by atoms with Crippen molar-refractivity contribution in [1.82, 2.24) is 0 Å². The Hall–Kier alpha value is -0.790. The lowest BCUT2D eigenvalue weighted by molar-refractivity contribution is -0.143. The number of carbonyl (C=O) groups is 1. The first-order chi connectivity index (χ1) is 4.63. The van der Waals surface area contributed by atoms with E-state index in [-0.39, 0.29) is 11.9 Å². The van der Waals surface area contributed by atoms with Gasteiger partial charge in [-0.25, -0.2) is 0 Å². The van der Waals surface area contributed by atoms with Gasteiger partial charge < -0.3 is 4.74 Å². The molecule has 1 atom stereocenters. The van der Waals surface area contributed by atoms with E-state index < -0.39 is 0 Å². The zero-order valence-corrected chi connectivity index (χ0v) is 6.97. The molecule has 0 aromatic carbocycles. The van der Waals surface area contributed by atoms with Crippen LogP contribution in [-0.2, 0) is 9.53 Å². The van der Waals surface area contributed by atoms with Crippen LogP contribution in [0, 0.1) is 5.92 Å². The number of carbonyl (C=O) groups excluding carboxylic acids is 1. The fraction of sp³-hybridized carbons (Fsp3) is 0.625. The van der Waals surface area contributed by atoms with Crippen LogP contribution in [0.5, 0.6) is 0 Å². The second-order valence-corrected chi connectivity index (χ2v) is 2.28. The van der Waals surface area contributed by atoms with E-state index in [1.54, 1.807) is 0 Å². The Balaban J connectivity index is 4.08. The summed E-state index contributed by atoms with van der Waals surface area (Å²) in [5.41, 5.74) is 1.05. The minimum atomic E-state index is -0.171. The van der Waals surface area contributed by atoms with Crippen LogP contribution in [0.25, 0.3) is 0 Å². The Bertz CT molecular complexity index is 147. The van der Waals surface area contributed by atoms with E-state index in [2.05, 4.69) is 4.74 Å². The first-order valence-electron chi connectivity index (χ1n) is 3.34. The molecule has 10 heavy (non-hydrogen) atoms. The van der Waals surface area contributed by atoms with Crippen LogP contribution < -0.4 is 0 Å². The second-order valence-electron chi connectivity index (χ2n) is 2.28. The van der Waals surface area contributed by atoms with E-state index in [0.29, 0.717) is 0 Å². The molecule has 0 aliphatic heterocycles. The normalized spacial score (nSPS) is 14.6. The van der Waals surface area contributed by atoms with Crippen LogP contribution in [0.2, 0.25) is 0 Å². The molecule has 0 N–H and O–H groups in total. The Labute approximate surface area is 61.9 Å². The molecule has 0 rings (SSSR count). The summed E-state index contributed by atoms with van der Waals surface area (Å²) >= 11 is 0. The van der Waals surface area contributed by atoms with Gasteiger partial charge in [-0.05, 0) is 20.8 Å². The third kappa shape index (κ3) is 2.21. The van der Waals surface area contributed by atoms with Gasteiger partial charge >= 0.3 is 5.97 Å². The number of rotatable bonds is 2. The van der Waals surface area contributed by atoms with Crippen molar-refractivity contribution in [3.05, 3.63) is 11.6 Å². The summed E-state index contributed by atoms with van der Waals surface area (Å²) in [6.07, 6.45) is 1.92. The first-order valence-corrected chi connectivity index (χ1v) is 3.34. The molecule has 2 heteroatoms. The summed E-state index contributed by atoms with van der Waals surface area (Å²) in [5.74, 6) is -0.273. The highest BCUT2D eigenvalue weighted by Gasteiger charge is 2.13. The van der Waals surface area contributed by atoms with Gasteiger partial charge in [0.15, 0.2) is 0 Å². The van der Waals surface area contributed by atoms with Crippen LogP contribution in [-0.4, -0.2) is 13.1 Å². The highest BCUT2D eigenvalue weighted by molar-refractivity contribution is 5.74. The molecule has 0 radical (unpaired) electrons. The van der Waals surface area contributed by atoms with Gasteiger partial charge in [0.05, 0.1) is 13.0 Å². The Morgan fingerprint density at radius 1 is 1.60 bits per heavy atom. The molecule has 2 nitrogen and oxygen atoms in total. The standard InChI is InChI=1S/C8H14O2/c1-5-6(2)7(3)8(9)10-4/h5,7H,1-4H3/b6-5-. The van der Waals surface area contributed by atoms with Gasteiger partial charge in [0.2, 0.25) is 0 Å². The predicted octanol–water partition coefficient (Wildman–Crippen LogP) is 1.76. The van der Waals surface area contributed by atoms with Gasteiger partial charge in [-0.1, -0.05) is 11.6 Å². The van der Waals surface area contributed by atoms with Crippen LogP contribution >= 0.6 is 0 Å². The molecule has 1 unspecified atom stereocenters. The number of hydrogen-bond acceptors (Lipinski definition) is 2. The van der Waals surface area contributed by atoms with Crippen LogP contribution in [0.4, 0.5) is 0 Å². The highest BCUT2D eigenvalue weighted by atomic mass is 16.5. The summed E-state index contributed by atoms with van der Waals surface area (Å²) in [6, 6.07) is 0. The van der Waals surface area contributed by atoms with Crippen LogP contribution in [0.15, 0.2) is 11.6 Å². The van der Waals surface area contributed by atoms with Gasteiger partial charge in [-0.15, -0.1) is 0 Å². The van der Waals surface area contributed by atoms with E-state index in [9.17, 15) is 4.79 Å². The monoisotopic (exact) mass is 142 g/mol. The molecule has 0 bridgehead atoms. The van der Waals surface area contributed by atoms with Gasteiger partial charge in [0.25, 0.3) is 0 Å². The van der Waals surface area contributed by atoms with Crippen molar-refractivity contribution in [3.8, 4) is 0 Å². The molecule has 0 saturated heterocycles. The second kappa shape index (κ2) is 4.09. The van der Waals surface area contributed by atoms with E-state index in [1.165, 1.54) is 7.11 Å². The fourth-order valence-corrected chi connectivity index (χ4v) is 0.613. The Morgan fingerprint density at radius 2 is 2.10 bits per heavy atom. The molecule has 0 heterocycles. The van der Waals surface area contributed by atoms with Crippen molar-refractivity contribution in [2.24, 2.45) is 5.92 Å². The maximum atomic E-state index is 10.8. The molecule has 0 aliphatic rings. The highest BCUT2D eigenvalue weighted by Crippen LogP contribution is 2.09. The zero-order valence-electron chi connectivity index (χ0n) is 6.97. The molecule has 0 saturated carbocycles. The maximum Gasteiger partial charge on any atom is 0.312 e. The fourth-order valence-electron chi connectivity index (χ4n) is 0.613. The van der Waals surface area contributed by atoms with E-state index in [1.807, 2.05) is 26.8 Å². The molecule has 0 fully saturated rings. The van der Waals surface area contributed by atoms with Crippen molar-refractivity contribution in [2.45, 2.75) is 20.8 Å². The summed E-state index contributed by atoms with van der Waals surface area (Å²) in [4.78, 5) is 10.8. The zero-order chi connectivity index (χ0) is 8.15. The third-order valence-corrected chi connectivity index (χ3v) is 1.69. The van der Waals surface area contributed by atoms with E-state index in [0.717, 1.165) is 5.57 Å². The van der Waals surface area contributed by atoms with Gasteiger partial charge in [-0.2, -0.15) is 0 Å². The van der Waals surface area contributed by atoms with Gasteiger partial charge in [0.1, 0.15) is 0 Å². The number of esters is 1. The Kier molecular flexibility index (Phi) is 3.77. The quantitative estimate of drug-likeness (QED) is 0.434. The van der Waals surface area contributed by atoms with E-state index in [4.69, 9.17) is 0 Å². The van der Waals surface area contributed by atoms with Crippen molar-refractivity contribution >= 4 is 5.97 Å². The number of methoxy groups -OCH3 is 1. The molecular formula is C8H14O2. The average Bonchev–Trinajstić information content (AvgIpc) is 2.00. The third-order valence-electron chi connectivity index (χ3n) is 1.69. The molecule has 0 aliphatic carbocycles. The van der Waals surface area contributed by atoms with Crippen molar-refractivity contribution in [3.63, 3.8) is 0 Å². The van der Waals surface area contributed by atoms with Crippen LogP contribution in [0.1, 0.15) is 20.8 Å². The number of hydrogen-bond donors (Lipinski definition) is 0. The van der Waals surface area contributed by atoms with Gasteiger partial charge in [-0.3, -0.25) is 4.79 Å². The average molecular weight is 142 g/mol. The topological polar surface area (TPSA) is 26.3 Å². The SMILES string of the molecule is C/C=C(/C)C(C)C(=O)OC. The first kappa shape index (κ1) is 9.21. The lowest BCUT2D eigenvalue weighted by Crippen LogP contribution is -2.13. The van der Waals surface area contributed by atoms with E-state index >= 15 is 0 Å². The van der Waals surface area contributed by atoms with Crippen molar-refractivity contribution < 1.29 is 9.53 Å². The maximum absolute atomic E-state index is 10.8. The summed E-state index contributed by atoms with van der Waals surface area (Å²) in [6.45, 7) is 5.66.